The van der Waals surface area contributed by atoms with Gasteiger partial charge < -0.3 is 17.8 Å². The Kier molecular flexibility index (Phi) is 4.71. The number of hydrogen-bond donors (Lipinski definition) is 2. The van der Waals surface area contributed by atoms with Gasteiger partial charge in [-0.1, -0.05) is 30.3 Å². The van der Waals surface area contributed by atoms with Gasteiger partial charge in [0.05, 0.1) is 0 Å². The van der Waals surface area contributed by atoms with Gasteiger partial charge in [-0.25, -0.2) is 0 Å². The summed E-state index contributed by atoms with van der Waals surface area (Å²) in [6.45, 7) is 8.82. The standard InChI is InChI=1S/C11H22O4Si3/c1-16(2,12)14-17(3,4)15-18(5,13)11-9-7-6-8-10-11/h6-10,12-13H,1-5H3. The van der Waals surface area contributed by atoms with E-state index in [9.17, 15) is 9.59 Å². The van der Waals surface area contributed by atoms with E-state index in [1.165, 1.54) is 0 Å². The zero-order valence-electron chi connectivity index (χ0n) is 11.6. The summed E-state index contributed by atoms with van der Waals surface area (Å²) in [6.07, 6.45) is 0. The van der Waals surface area contributed by atoms with Crippen LogP contribution in [0.25, 0.3) is 0 Å². The average Bonchev–Trinajstić information content (AvgIpc) is 2.13. The molecule has 0 saturated heterocycles. The van der Waals surface area contributed by atoms with Crippen molar-refractivity contribution in [3.8, 4) is 0 Å². The quantitative estimate of drug-likeness (QED) is 0.807. The summed E-state index contributed by atoms with van der Waals surface area (Å²) in [7, 11) is -8.15. The molecular formula is C11H22O4Si3. The monoisotopic (exact) mass is 302 g/mol. The maximum absolute atomic E-state index is 10.5. The van der Waals surface area contributed by atoms with E-state index < -0.39 is 25.7 Å². The van der Waals surface area contributed by atoms with E-state index in [-0.39, 0.29) is 0 Å². The second kappa shape index (κ2) is 5.37. The van der Waals surface area contributed by atoms with E-state index in [1.807, 2.05) is 43.4 Å². The van der Waals surface area contributed by atoms with Crippen LogP contribution in [0, 0.1) is 0 Å². The van der Waals surface area contributed by atoms with Gasteiger partial charge in [-0.05, 0) is 37.9 Å². The molecule has 2 N–H and O–H groups in total. The van der Waals surface area contributed by atoms with Gasteiger partial charge >= 0.3 is 25.7 Å². The summed E-state index contributed by atoms with van der Waals surface area (Å²) in [5.74, 6) is 0. The van der Waals surface area contributed by atoms with Crippen LogP contribution in [0.2, 0.25) is 32.7 Å². The Morgan fingerprint density at radius 3 is 1.78 bits per heavy atom. The third kappa shape index (κ3) is 5.14. The molecule has 0 heterocycles. The second-order valence-electron chi connectivity index (χ2n) is 5.40. The Balaban J connectivity index is 2.83. The Morgan fingerprint density at radius 1 is 0.833 bits per heavy atom. The zero-order chi connectivity index (χ0) is 14.0. The lowest BCUT2D eigenvalue weighted by molar-refractivity contribution is 0.297. The van der Waals surface area contributed by atoms with Gasteiger partial charge in [0.15, 0.2) is 0 Å². The average molecular weight is 303 g/mol. The smallest absolute Gasteiger partial charge is 0.357 e. The third-order valence-corrected chi connectivity index (χ3v) is 11.2. The van der Waals surface area contributed by atoms with E-state index in [0.29, 0.717) is 0 Å². The lowest BCUT2D eigenvalue weighted by atomic mass is 10.4. The summed E-state index contributed by atoms with van der Waals surface area (Å²) in [5, 5.41) is 0.812. The summed E-state index contributed by atoms with van der Waals surface area (Å²) in [5.41, 5.74) is 0. The van der Waals surface area contributed by atoms with Crippen LogP contribution in [0.15, 0.2) is 30.3 Å². The molecule has 1 unspecified atom stereocenters. The Labute approximate surface area is 112 Å². The van der Waals surface area contributed by atoms with Gasteiger partial charge in [0.2, 0.25) is 0 Å². The van der Waals surface area contributed by atoms with E-state index in [4.69, 9.17) is 8.23 Å². The van der Waals surface area contributed by atoms with Crippen molar-refractivity contribution in [2.75, 3.05) is 0 Å². The predicted molar refractivity (Wildman–Crippen MR) is 79.3 cm³/mol. The lowest BCUT2D eigenvalue weighted by Crippen LogP contribution is -2.58. The molecule has 1 atom stereocenters. The predicted octanol–water partition coefficient (Wildman–Crippen LogP) is 1.39. The summed E-state index contributed by atoms with van der Waals surface area (Å²) < 4.78 is 11.5. The Hall–Kier alpha value is -0.289. The first-order valence-corrected chi connectivity index (χ1v) is 14.0. The van der Waals surface area contributed by atoms with Gasteiger partial charge in [0.1, 0.15) is 0 Å². The molecule has 102 valence electrons. The molecule has 1 aromatic carbocycles. The van der Waals surface area contributed by atoms with Crippen LogP contribution in [0.5, 0.6) is 0 Å². The van der Waals surface area contributed by atoms with Crippen molar-refractivity contribution in [3.63, 3.8) is 0 Å². The van der Waals surface area contributed by atoms with Crippen molar-refractivity contribution in [1.29, 1.82) is 0 Å². The van der Waals surface area contributed by atoms with E-state index >= 15 is 0 Å². The molecule has 0 bridgehead atoms. The molecule has 0 aliphatic rings. The molecule has 0 aromatic heterocycles. The van der Waals surface area contributed by atoms with Crippen LogP contribution in [0.4, 0.5) is 0 Å². The highest BCUT2D eigenvalue weighted by Gasteiger charge is 2.42. The van der Waals surface area contributed by atoms with Crippen molar-refractivity contribution in [2.45, 2.75) is 32.7 Å². The summed E-state index contributed by atoms with van der Waals surface area (Å²) in [6, 6.07) is 9.37. The fraction of sp³-hybridized carbons (Fsp3) is 0.455. The molecule has 0 saturated carbocycles. The van der Waals surface area contributed by atoms with Gasteiger partial charge in [0, 0.05) is 0 Å². The van der Waals surface area contributed by atoms with Crippen LogP contribution in [-0.4, -0.2) is 35.3 Å². The maximum atomic E-state index is 10.5. The molecule has 0 spiro atoms. The maximum Gasteiger partial charge on any atom is 0.357 e. The largest absolute Gasteiger partial charge is 0.416 e. The Morgan fingerprint density at radius 2 is 1.33 bits per heavy atom. The highest BCUT2D eigenvalue weighted by Crippen LogP contribution is 2.17. The van der Waals surface area contributed by atoms with Gasteiger partial charge in [-0.15, -0.1) is 0 Å². The lowest BCUT2D eigenvalue weighted by Gasteiger charge is -2.35. The van der Waals surface area contributed by atoms with Gasteiger partial charge in [0.25, 0.3) is 0 Å². The SMILES string of the molecule is C[Si](C)(O)O[Si](C)(C)O[Si](C)(O)c1ccccc1. The van der Waals surface area contributed by atoms with Crippen molar-refractivity contribution < 1.29 is 17.8 Å². The van der Waals surface area contributed by atoms with Crippen LogP contribution in [0.3, 0.4) is 0 Å². The number of hydrogen-bond acceptors (Lipinski definition) is 4. The topological polar surface area (TPSA) is 58.9 Å². The molecule has 0 fully saturated rings. The van der Waals surface area contributed by atoms with Crippen molar-refractivity contribution in [3.05, 3.63) is 30.3 Å². The highest BCUT2D eigenvalue weighted by molar-refractivity contribution is 6.89. The fourth-order valence-corrected chi connectivity index (χ4v) is 12.4. The molecule has 0 radical (unpaired) electrons. The summed E-state index contributed by atoms with van der Waals surface area (Å²) >= 11 is 0. The van der Waals surface area contributed by atoms with Gasteiger partial charge in [-0.3, -0.25) is 0 Å². The van der Waals surface area contributed by atoms with Crippen LogP contribution >= 0.6 is 0 Å². The third-order valence-electron chi connectivity index (χ3n) is 2.25. The highest BCUT2D eigenvalue weighted by atomic mass is 28.5. The second-order valence-corrected chi connectivity index (χ2v) is 15.3. The minimum Gasteiger partial charge on any atom is -0.416 e. The molecule has 1 rings (SSSR count). The first kappa shape index (κ1) is 15.8. The van der Waals surface area contributed by atoms with Crippen LogP contribution in [0.1, 0.15) is 0 Å². The molecular weight excluding hydrogens is 280 g/mol. The van der Waals surface area contributed by atoms with Crippen molar-refractivity contribution >= 4 is 30.9 Å². The minimum atomic E-state index is -2.97. The van der Waals surface area contributed by atoms with E-state index in [1.54, 1.807) is 19.6 Å². The molecule has 7 heteroatoms. The van der Waals surface area contributed by atoms with Crippen LogP contribution < -0.4 is 5.19 Å². The number of benzene rings is 1. The molecule has 0 amide bonds. The fourth-order valence-electron chi connectivity index (χ4n) is 1.91. The molecule has 0 aliphatic heterocycles. The molecule has 18 heavy (non-hydrogen) atoms. The van der Waals surface area contributed by atoms with Gasteiger partial charge in [-0.2, -0.15) is 0 Å². The Bertz CT molecular complexity index is 387. The van der Waals surface area contributed by atoms with Crippen LogP contribution in [-0.2, 0) is 8.23 Å². The number of rotatable bonds is 5. The van der Waals surface area contributed by atoms with E-state index in [0.717, 1.165) is 5.19 Å². The van der Waals surface area contributed by atoms with Crippen molar-refractivity contribution in [2.24, 2.45) is 0 Å². The molecule has 1 aromatic rings. The van der Waals surface area contributed by atoms with E-state index in [2.05, 4.69) is 0 Å². The molecule has 0 aliphatic carbocycles. The first-order chi connectivity index (χ1) is 8.02. The summed E-state index contributed by atoms with van der Waals surface area (Å²) in [4.78, 5) is 20.3. The zero-order valence-corrected chi connectivity index (χ0v) is 14.6. The minimum absolute atomic E-state index is 0.812. The normalized spacial score (nSPS) is 16.4. The van der Waals surface area contributed by atoms with Crippen molar-refractivity contribution in [1.82, 2.24) is 0 Å². The first-order valence-electron chi connectivity index (χ1n) is 5.92. The molecule has 4 nitrogen and oxygen atoms in total.